The highest BCUT2D eigenvalue weighted by Crippen LogP contribution is 0.981. The molecule has 0 aromatic heterocycles. The van der Waals surface area contributed by atoms with Gasteiger partial charge in [0.25, 0.3) is 0 Å². The van der Waals surface area contributed by atoms with Crippen LogP contribution < -0.4 is 17.6 Å². The first-order valence-electron chi connectivity index (χ1n) is 1.00. The second-order valence-electron chi connectivity index (χ2n) is 0.500. The number of hydrogen-bond acceptors (Lipinski definition) is 3. The zero-order valence-corrected chi connectivity index (χ0v) is 6.36. The molecule has 3 nitrogen and oxygen atoms in total. The van der Waals surface area contributed by atoms with Gasteiger partial charge in [-0.25, -0.2) is 0 Å². The van der Waals surface area contributed by atoms with Crippen LogP contribution >= 0.6 is 24.8 Å². The highest BCUT2D eigenvalue weighted by atomic mass is 35.5. The average Bonchev–Trinajstić information content (AvgIpc) is 0.918. The first-order valence-corrected chi connectivity index (χ1v) is 1.00. The van der Waals surface area contributed by atoms with Crippen LogP contribution in [0.4, 0.5) is 0 Å². The second kappa shape index (κ2) is 90.3. The third-order valence-electron chi connectivity index (χ3n) is 0. The molecule has 0 aliphatic rings. The predicted octanol–water partition coefficient (Wildman–Crippen LogP) is 1.00. The Bertz CT molecular complexity index is 10.9. The first-order chi connectivity index (χ1) is 1.41. The van der Waals surface area contributed by atoms with Crippen LogP contribution in [0.5, 0.6) is 0 Å². The topological polar surface area (TPSA) is 82.0 Å². The van der Waals surface area contributed by atoms with Crippen molar-refractivity contribution in [2.24, 2.45) is 0 Å². The van der Waals surface area contributed by atoms with Gasteiger partial charge in [-0.2, -0.15) is 0 Å². The lowest BCUT2D eigenvalue weighted by molar-refractivity contribution is 1.02. The van der Waals surface area contributed by atoms with Crippen LogP contribution in [-0.4, -0.2) is 14.1 Å². The molecule has 0 rings (SSSR count). The average molecular weight is 152 g/mol. The Hall–Kier alpha value is 0.460. The Morgan fingerprint density at radius 3 is 0.857 bits per heavy atom. The van der Waals surface area contributed by atoms with Gasteiger partial charge in [-0.15, -0.1) is 24.8 Å². The number of nitrogens with one attached hydrogen (secondary N) is 1. The summed E-state index contributed by atoms with van der Waals surface area (Å²) in [6.07, 6.45) is 0. The molecule has 7 heavy (non-hydrogen) atoms. The minimum absolute atomic E-state index is 0. The van der Waals surface area contributed by atoms with Crippen LogP contribution in [0.15, 0.2) is 0 Å². The summed E-state index contributed by atoms with van der Waals surface area (Å²) in [6, 6.07) is 0. The highest BCUT2D eigenvalue weighted by molar-refractivity contribution is 5.85. The van der Waals surface area contributed by atoms with Crippen molar-refractivity contribution in [3.05, 3.63) is 0 Å². The van der Waals surface area contributed by atoms with Crippen LogP contribution in [0.1, 0.15) is 0 Å². The van der Waals surface area contributed by atoms with Crippen LogP contribution in [0.2, 0.25) is 0 Å². The summed E-state index contributed by atoms with van der Waals surface area (Å²) in [5, 5.41) is 2.75. The maximum atomic E-state index is 2.75. The molecule has 0 radical (unpaired) electrons. The third-order valence-corrected chi connectivity index (χ3v) is 0. The Balaban J connectivity index is -0.00000000333. The summed E-state index contributed by atoms with van der Waals surface area (Å²) in [5.74, 6) is 0. The van der Waals surface area contributed by atoms with Crippen LogP contribution in [0.25, 0.3) is 0 Å². The smallest absolute Gasteiger partial charge is 0.0167 e. The van der Waals surface area contributed by atoms with Gasteiger partial charge < -0.3 is 17.6 Å². The number of rotatable bonds is 0. The molecule has 0 heterocycles. The zero-order valence-electron chi connectivity index (χ0n) is 4.73. The molecule has 0 aromatic carbocycles. The third kappa shape index (κ3) is 607. The Kier molecular flexibility index (Phi) is 664. The largest absolute Gasteiger partial charge is 0.344 e. The summed E-state index contributed by atoms with van der Waals surface area (Å²) in [4.78, 5) is 0. The lowest BCUT2D eigenvalue weighted by atomic mass is 11.3. The van der Waals surface area contributed by atoms with Crippen molar-refractivity contribution in [3.8, 4) is 0 Å². The molecule has 0 aromatic rings. The van der Waals surface area contributed by atoms with Gasteiger partial charge in [-0.1, -0.05) is 0 Å². The fourth-order valence-electron chi connectivity index (χ4n) is 0. The lowest BCUT2D eigenvalue weighted by Gasteiger charge is -1.59. The zero-order chi connectivity index (χ0) is 2.71. The fraction of sp³-hybridized carbons (Fsp3) is 1.00. The van der Waals surface area contributed by atoms with E-state index in [0.717, 1.165) is 0 Å². The van der Waals surface area contributed by atoms with E-state index in [-0.39, 0.29) is 37.1 Å². The summed E-state index contributed by atoms with van der Waals surface area (Å²) in [7, 11) is 3.75. The molecule has 0 saturated heterocycles. The SMILES string of the molecule is CNC.Cl.Cl.N.N. The van der Waals surface area contributed by atoms with E-state index in [0.29, 0.717) is 0 Å². The number of hydrogen-bond donors (Lipinski definition) is 3. The van der Waals surface area contributed by atoms with E-state index in [1.54, 1.807) is 0 Å². The molecular formula is C2H15Cl2N3. The molecule has 7 N–H and O–H groups in total. The molecule has 0 bridgehead atoms. The van der Waals surface area contributed by atoms with Crippen molar-refractivity contribution in [2.45, 2.75) is 0 Å². The van der Waals surface area contributed by atoms with Gasteiger partial charge in [0.1, 0.15) is 0 Å². The predicted molar refractivity (Wildman–Crippen MR) is 39.5 cm³/mol. The Morgan fingerprint density at radius 2 is 0.857 bits per heavy atom. The van der Waals surface area contributed by atoms with Gasteiger partial charge in [0, 0.05) is 0 Å². The molecule has 0 aliphatic heterocycles. The molecule has 52 valence electrons. The van der Waals surface area contributed by atoms with Gasteiger partial charge in [0.2, 0.25) is 0 Å². The van der Waals surface area contributed by atoms with Crippen molar-refractivity contribution in [1.82, 2.24) is 17.6 Å². The maximum absolute atomic E-state index is 2.75. The Morgan fingerprint density at radius 1 is 0.857 bits per heavy atom. The molecule has 0 spiro atoms. The van der Waals surface area contributed by atoms with E-state index < -0.39 is 0 Å². The van der Waals surface area contributed by atoms with Gasteiger partial charge in [-0.05, 0) is 14.1 Å². The van der Waals surface area contributed by atoms with Gasteiger partial charge >= 0.3 is 0 Å². The standard InChI is InChI=1S/C2H7N.2ClH.2H3N/c1-3-2;;;;/h3H,1-2H3;2*1H;2*1H3. The van der Waals surface area contributed by atoms with Crippen molar-refractivity contribution in [3.63, 3.8) is 0 Å². The van der Waals surface area contributed by atoms with Crippen molar-refractivity contribution >= 4 is 24.8 Å². The van der Waals surface area contributed by atoms with E-state index in [1.807, 2.05) is 14.1 Å². The van der Waals surface area contributed by atoms with Crippen molar-refractivity contribution in [2.75, 3.05) is 14.1 Å². The van der Waals surface area contributed by atoms with E-state index in [9.17, 15) is 0 Å². The quantitative estimate of drug-likeness (QED) is 0.484. The maximum Gasteiger partial charge on any atom is -0.0167 e. The van der Waals surface area contributed by atoms with Gasteiger partial charge in [0.15, 0.2) is 0 Å². The van der Waals surface area contributed by atoms with E-state index in [4.69, 9.17) is 0 Å². The normalized spacial score (nSPS) is 2.57. The first kappa shape index (κ1) is 51.4. The van der Waals surface area contributed by atoms with Crippen LogP contribution in [0, 0.1) is 0 Å². The molecule has 0 atom stereocenters. The second-order valence-corrected chi connectivity index (χ2v) is 0.500. The van der Waals surface area contributed by atoms with Crippen molar-refractivity contribution in [1.29, 1.82) is 0 Å². The highest BCUT2D eigenvalue weighted by Gasteiger charge is 1.25. The van der Waals surface area contributed by atoms with Crippen molar-refractivity contribution < 1.29 is 0 Å². The summed E-state index contributed by atoms with van der Waals surface area (Å²) < 4.78 is 0. The number of halogens is 2. The molecule has 0 saturated carbocycles. The minimum atomic E-state index is 0. The van der Waals surface area contributed by atoms with Gasteiger partial charge in [-0.3, -0.25) is 0 Å². The minimum Gasteiger partial charge on any atom is -0.344 e. The fourth-order valence-corrected chi connectivity index (χ4v) is 0. The molecule has 0 unspecified atom stereocenters. The Labute approximate surface area is 57.2 Å². The summed E-state index contributed by atoms with van der Waals surface area (Å²) in [6.45, 7) is 0. The summed E-state index contributed by atoms with van der Waals surface area (Å²) >= 11 is 0. The molecule has 5 heteroatoms. The summed E-state index contributed by atoms with van der Waals surface area (Å²) in [5.41, 5.74) is 0. The molecule has 0 fully saturated rings. The van der Waals surface area contributed by atoms with E-state index in [2.05, 4.69) is 5.32 Å². The van der Waals surface area contributed by atoms with Crippen LogP contribution in [-0.2, 0) is 0 Å². The lowest BCUT2D eigenvalue weighted by Crippen LogP contribution is -1.89. The molecular weight excluding hydrogens is 137 g/mol. The van der Waals surface area contributed by atoms with E-state index in [1.165, 1.54) is 0 Å². The van der Waals surface area contributed by atoms with Gasteiger partial charge in [0.05, 0.1) is 0 Å². The van der Waals surface area contributed by atoms with E-state index >= 15 is 0 Å². The monoisotopic (exact) mass is 151 g/mol. The molecule has 0 amide bonds. The van der Waals surface area contributed by atoms with Crippen LogP contribution in [0.3, 0.4) is 0 Å². The molecule has 0 aliphatic carbocycles.